The predicted molar refractivity (Wildman–Crippen MR) is 120 cm³/mol. The first-order valence-electron chi connectivity index (χ1n) is 10.1. The first kappa shape index (κ1) is 23.5. The van der Waals surface area contributed by atoms with Crippen LogP contribution in [0.25, 0.3) is 11.1 Å². The molecule has 170 valence electrons. The molecule has 0 unspecified atom stereocenters. The molecule has 0 bridgehead atoms. The van der Waals surface area contributed by atoms with Gasteiger partial charge in [-0.2, -0.15) is 0 Å². The van der Waals surface area contributed by atoms with E-state index in [0.29, 0.717) is 38.7 Å². The summed E-state index contributed by atoms with van der Waals surface area (Å²) < 4.78 is 5.32. The highest BCUT2D eigenvalue weighted by Gasteiger charge is 2.35. The van der Waals surface area contributed by atoms with Gasteiger partial charge in [0.25, 0.3) is 5.91 Å². The second-order valence-electron chi connectivity index (χ2n) is 8.77. The van der Waals surface area contributed by atoms with E-state index < -0.39 is 30.1 Å². The predicted octanol–water partition coefficient (Wildman–Crippen LogP) is 4.08. The maximum Gasteiger partial charge on any atom is 0.407 e. The number of hydrogen-bond acceptors (Lipinski definition) is 5. The van der Waals surface area contributed by atoms with Gasteiger partial charge < -0.3 is 20.1 Å². The molecule has 0 saturated heterocycles. The van der Waals surface area contributed by atoms with Crippen molar-refractivity contribution in [2.24, 2.45) is 0 Å². The third-order valence-electron chi connectivity index (χ3n) is 4.95. The molecular formula is C23H26ClN3O5. The number of ether oxygens (including phenoxy) is 1. The fourth-order valence-corrected chi connectivity index (χ4v) is 3.99. The minimum absolute atomic E-state index is 0.0623. The number of aliphatic carboxylic acids is 1. The number of carbonyl (C=O) groups excluding carboxylic acids is 2. The SMILES string of the molecule is Cc1ccc(-c2c(CNC(=O)OC(C)(C)C)c(C)nc3c2C(=O)N(CC(=O)O)C3)c(Cl)c1. The third-order valence-corrected chi connectivity index (χ3v) is 5.26. The number of halogens is 1. The first-order valence-corrected chi connectivity index (χ1v) is 10.5. The normalized spacial score (nSPS) is 13.2. The summed E-state index contributed by atoms with van der Waals surface area (Å²) in [6, 6.07) is 5.48. The summed E-state index contributed by atoms with van der Waals surface area (Å²) in [6.07, 6.45) is -0.600. The number of hydrogen-bond donors (Lipinski definition) is 2. The molecule has 0 saturated carbocycles. The molecule has 1 aromatic carbocycles. The zero-order valence-corrected chi connectivity index (χ0v) is 19.5. The van der Waals surface area contributed by atoms with Gasteiger partial charge in [-0.1, -0.05) is 23.7 Å². The summed E-state index contributed by atoms with van der Waals surface area (Å²) in [5.74, 6) is -1.54. The molecule has 1 aliphatic rings. The number of rotatable bonds is 5. The van der Waals surface area contributed by atoms with E-state index in [1.807, 2.05) is 19.1 Å². The second kappa shape index (κ2) is 8.78. The highest BCUT2D eigenvalue weighted by molar-refractivity contribution is 6.33. The van der Waals surface area contributed by atoms with E-state index in [0.717, 1.165) is 5.56 Å². The van der Waals surface area contributed by atoms with Crippen LogP contribution in [0, 0.1) is 13.8 Å². The number of fused-ring (bicyclic) bond motifs is 1. The van der Waals surface area contributed by atoms with Crippen LogP contribution in [0.15, 0.2) is 18.2 Å². The van der Waals surface area contributed by atoms with Crippen molar-refractivity contribution in [3.05, 3.63) is 51.3 Å². The molecule has 2 amide bonds. The van der Waals surface area contributed by atoms with Crippen LogP contribution in [-0.4, -0.2) is 45.1 Å². The van der Waals surface area contributed by atoms with Crippen molar-refractivity contribution in [3.8, 4) is 11.1 Å². The largest absolute Gasteiger partial charge is 0.480 e. The van der Waals surface area contributed by atoms with Gasteiger partial charge in [0.2, 0.25) is 0 Å². The lowest BCUT2D eigenvalue weighted by Crippen LogP contribution is -2.32. The smallest absolute Gasteiger partial charge is 0.407 e. The standard InChI is InChI=1S/C23H26ClN3O5/c1-12-6-7-14(16(24)8-12)19-15(9-25-22(31)32-23(3,4)5)13(2)26-17-10-27(11-18(28)29)21(30)20(17)19/h6-8H,9-11H2,1-5H3,(H,25,31)(H,28,29). The molecule has 0 fully saturated rings. The van der Waals surface area contributed by atoms with Crippen LogP contribution in [0.1, 0.15) is 53.6 Å². The second-order valence-corrected chi connectivity index (χ2v) is 9.17. The monoisotopic (exact) mass is 459 g/mol. The van der Waals surface area contributed by atoms with Crippen LogP contribution in [0.4, 0.5) is 4.79 Å². The van der Waals surface area contributed by atoms with E-state index in [1.165, 1.54) is 4.90 Å². The Morgan fingerprint density at radius 2 is 1.94 bits per heavy atom. The number of nitrogens with zero attached hydrogens (tertiary/aromatic N) is 2. The lowest BCUT2D eigenvalue weighted by molar-refractivity contribution is -0.137. The van der Waals surface area contributed by atoms with Gasteiger partial charge >= 0.3 is 12.1 Å². The minimum Gasteiger partial charge on any atom is -0.480 e. The highest BCUT2D eigenvalue weighted by atomic mass is 35.5. The summed E-state index contributed by atoms with van der Waals surface area (Å²) in [4.78, 5) is 42.4. The lowest BCUT2D eigenvalue weighted by atomic mass is 9.92. The molecule has 0 spiro atoms. The average Bonchev–Trinajstić information content (AvgIpc) is 2.93. The van der Waals surface area contributed by atoms with E-state index in [1.54, 1.807) is 33.8 Å². The molecule has 2 heterocycles. The van der Waals surface area contributed by atoms with Crippen molar-refractivity contribution in [1.82, 2.24) is 15.2 Å². The van der Waals surface area contributed by atoms with Crippen LogP contribution < -0.4 is 5.32 Å². The summed E-state index contributed by atoms with van der Waals surface area (Å²) in [5, 5.41) is 12.4. The van der Waals surface area contributed by atoms with Crippen LogP contribution in [0.5, 0.6) is 0 Å². The fourth-order valence-electron chi connectivity index (χ4n) is 3.66. The van der Waals surface area contributed by atoms with Crippen LogP contribution >= 0.6 is 11.6 Å². The zero-order chi connectivity index (χ0) is 23.8. The van der Waals surface area contributed by atoms with Gasteiger partial charge in [-0.05, 0) is 46.2 Å². The molecule has 1 aliphatic heterocycles. The fraction of sp³-hybridized carbons (Fsp3) is 0.391. The molecule has 9 heteroatoms. The molecule has 3 rings (SSSR count). The average molecular weight is 460 g/mol. The molecule has 0 aliphatic carbocycles. The highest BCUT2D eigenvalue weighted by Crippen LogP contribution is 2.39. The Morgan fingerprint density at radius 1 is 1.25 bits per heavy atom. The van der Waals surface area contributed by atoms with Crippen LogP contribution in [-0.2, 0) is 22.6 Å². The van der Waals surface area contributed by atoms with Crippen molar-refractivity contribution in [1.29, 1.82) is 0 Å². The van der Waals surface area contributed by atoms with Gasteiger partial charge in [-0.15, -0.1) is 0 Å². The van der Waals surface area contributed by atoms with E-state index in [4.69, 9.17) is 16.3 Å². The van der Waals surface area contributed by atoms with Gasteiger partial charge in [0.15, 0.2) is 0 Å². The zero-order valence-electron chi connectivity index (χ0n) is 18.7. The van der Waals surface area contributed by atoms with Crippen molar-refractivity contribution in [2.45, 2.75) is 53.3 Å². The number of carboxylic acid groups (broad SMARTS) is 1. The molecule has 2 N–H and O–H groups in total. The quantitative estimate of drug-likeness (QED) is 0.697. The molecule has 0 radical (unpaired) electrons. The van der Waals surface area contributed by atoms with Gasteiger partial charge in [0, 0.05) is 34.0 Å². The van der Waals surface area contributed by atoms with E-state index in [2.05, 4.69) is 10.3 Å². The van der Waals surface area contributed by atoms with E-state index in [9.17, 15) is 19.5 Å². The molecule has 32 heavy (non-hydrogen) atoms. The maximum atomic E-state index is 13.2. The number of aromatic nitrogens is 1. The van der Waals surface area contributed by atoms with Gasteiger partial charge in [-0.25, -0.2) is 4.79 Å². The van der Waals surface area contributed by atoms with Crippen LogP contribution in [0.2, 0.25) is 5.02 Å². The Labute approximate surface area is 191 Å². The molecule has 8 nitrogen and oxygen atoms in total. The Kier molecular flexibility index (Phi) is 6.46. The third kappa shape index (κ3) is 5.02. The van der Waals surface area contributed by atoms with Crippen molar-refractivity contribution < 1.29 is 24.2 Å². The maximum absolute atomic E-state index is 13.2. The number of amides is 2. The van der Waals surface area contributed by atoms with Crippen molar-refractivity contribution in [3.63, 3.8) is 0 Å². The number of carbonyl (C=O) groups is 3. The number of nitrogens with one attached hydrogen (secondary N) is 1. The van der Waals surface area contributed by atoms with Gasteiger partial charge in [0.1, 0.15) is 12.1 Å². The summed E-state index contributed by atoms with van der Waals surface area (Å²) in [6.45, 7) is 8.71. The van der Waals surface area contributed by atoms with E-state index >= 15 is 0 Å². The number of carboxylic acids is 1. The first-order chi connectivity index (χ1) is 14.9. The Hall–Kier alpha value is -3.13. The Balaban J connectivity index is 2.12. The summed E-state index contributed by atoms with van der Waals surface area (Å²) >= 11 is 6.56. The topological polar surface area (TPSA) is 109 Å². The minimum atomic E-state index is -1.11. The number of alkyl carbamates (subject to hydrolysis) is 1. The Bertz CT molecular complexity index is 1110. The van der Waals surface area contributed by atoms with Crippen LogP contribution in [0.3, 0.4) is 0 Å². The summed E-state index contributed by atoms with van der Waals surface area (Å²) in [5.41, 5.74) is 3.48. The van der Waals surface area contributed by atoms with Gasteiger partial charge in [-0.3, -0.25) is 14.6 Å². The number of pyridine rings is 1. The molecule has 0 atom stereocenters. The number of benzene rings is 1. The number of aryl methyl sites for hydroxylation is 2. The van der Waals surface area contributed by atoms with Gasteiger partial charge in [0.05, 0.1) is 17.8 Å². The van der Waals surface area contributed by atoms with Crippen molar-refractivity contribution >= 4 is 29.6 Å². The molecule has 2 aromatic rings. The lowest BCUT2D eigenvalue weighted by Gasteiger charge is -2.21. The Morgan fingerprint density at radius 3 is 2.53 bits per heavy atom. The van der Waals surface area contributed by atoms with Crippen molar-refractivity contribution in [2.75, 3.05) is 6.54 Å². The molecule has 1 aromatic heterocycles. The van der Waals surface area contributed by atoms with E-state index in [-0.39, 0.29) is 13.1 Å². The molecular weight excluding hydrogens is 434 g/mol. The summed E-state index contributed by atoms with van der Waals surface area (Å²) in [7, 11) is 0.